The molecule has 0 bridgehead atoms. The normalized spacial score (nSPS) is 11.8. The highest BCUT2D eigenvalue weighted by molar-refractivity contribution is 9.10. The quantitative estimate of drug-likeness (QED) is 0.919. The molecule has 0 aliphatic carbocycles. The Hall–Kier alpha value is -1.81. The molecule has 0 aliphatic heterocycles. The van der Waals surface area contributed by atoms with Crippen LogP contribution in [-0.2, 0) is 0 Å². The summed E-state index contributed by atoms with van der Waals surface area (Å²) in [5, 5.41) is 2.97. The van der Waals surface area contributed by atoms with E-state index in [0.29, 0.717) is 5.56 Å². The van der Waals surface area contributed by atoms with E-state index in [1.54, 1.807) is 19.2 Å². The predicted molar refractivity (Wildman–Crippen MR) is 83.0 cm³/mol. The second-order valence-electron chi connectivity index (χ2n) is 4.45. The minimum absolute atomic E-state index is 0.107. The maximum absolute atomic E-state index is 12.2. The fraction of sp³-hybridized carbons (Fsp3) is 0.188. The monoisotopic (exact) mass is 333 g/mol. The fourth-order valence-electron chi connectivity index (χ4n) is 2.01. The first-order valence-corrected chi connectivity index (χ1v) is 7.10. The molecule has 0 heterocycles. The molecule has 104 valence electrons. The zero-order valence-corrected chi connectivity index (χ0v) is 13.0. The molecule has 4 heteroatoms. The lowest BCUT2D eigenvalue weighted by Crippen LogP contribution is -2.26. The Labute approximate surface area is 127 Å². The van der Waals surface area contributed by atoms with Crippen LogP contribution in [0.5, 0.6) is 5.75 Å². The van der Waals surface area contributed by atoms with E-state index in [1.807, 2.05) is 43.3 Å². The van der Waals surface area contributed by atoms with Gasteiger partial charge in [-0.05, 0) is 31.2 Å². The van der Waals surface area contributed by atoms with Crippen molar-refractivity contribution in [3.63, 3.8) is 0 Å². The molecule has 2 aromatic rings. The topological polar surface area (TPSA) is 38.3 Å². The molecule has 1 amide bonds. The lowest BCUT2D eigenvalue weighted by atomic mass is 10.1. The van der Waals surface area contributed by atoms with Gasteiger partial charge in [0.25, 0.3) is 5.91 Å². The molecule has 1 N–H and O–H groups in total. The summed E-state index contributed by atoms with van der Waals surface area (Å²) in [6.45, 7) is 1.94. The number of halogens is 1. The molecule has 0 fully saturated rings. The smallest absolute Gasteiger partial charge is 0.251 e. The lowest BCUT2D eigenvalue weighted by Gasteiger charge is -2.17. The van der Waals surface area contributed by atoms with E-state index in [-0.39, 0.29) is 11.9 Å². The number of amides is 1. The van der Waals surface area contributed by atoms with Gasteiger partial charge in [0.1, 0.15) is 5.75 Å². The van der Waals surface area contributed by atoms with Crippen LogP contribution in [-0.4, -0.2) is 13.0 Å². The van der Waals surface area contributed by atoms with Gasteiger partial charge in [0.2, 0.25) is 0 Å². The van der Waals surface area contributed by atoms with Crippen LogP contribution in [0.2, 0.25) is 0 Å². The van der Waals surface area contributed by atoms with Crippen LogP contribution in [0.4, 0.5) is 0 Å². The van der Waals surface area contributed by atoms with Gasteiger partial charge in [-0.15, -0.1) is 0 Å². The van der Waals surface area contributed by atoms with E-state index in [1.165, 1.54) is 0 Å². The number of hydrogen-bond acceptors (Lipinski definition) is 2. The molecule has 0 spiro atoms. The van der Waals surface area contributed by atoms with Gasteiger partial charge in [-0.3, -0.25) is 4.79 Å². The zero-order valence-electron chi connectivity index (χ0n) is 11.4. The molecular weight excluding hydrogens is 318 g/mol. The Kier molecular flexibility index (Phi) is 4.79. The molecule has 0 aliphatic rings. The number of methoxy groups -OCH3 is 1. The molecule has 0 aromatic heterocycles. The fourth-order valence-corrected chi connectivity index (χ4v) is 2.41. The van der Waals surface area contributed by atoms with Crippen molar-refractivity contribution < 1.29 is 9.53 Å². The standard InChI is InChI=1S/C16H16BrNO2/c1-11(14-8-3-4-9-15(14)20-2)18-16(19)12-6-5-7-13(17)10-12/h3-11H,1-2H3,(H,18,19). The number of rotatable bonds is 4. The summed E-state index contributed by atoms with van der Waals surface area (Å²) in [5.74, 6) is 0.666. The van der Waals surface area contributed by atoms with Crippen LogP contribution in [0.15, 0.2) is 53.0 Å². The SMILES string of the molecule is COc1ccccc1C(C)NC(=O)c1cccc(Br)c1. The number of para-hydroxylation sites is 1. The Morgan fingerprint density at radius 1 is 1.20 bits per heavy atom. The first-order valence-electron chi connectivity index (χ1n) is 6.31. The second kappa shape index (κ2) is 6.57. The number of carbonyl (C=O) groups is 1. The zero-order chi connectivity index (χ0) is 14.5. The minimum atomic E-state index is -0.127. The number of ether oxygens (including phenoxy) is 1. The summed E-state index contributed by atoms with van der Waals surface area (Å²) in [4.78, 5) is 12.2. The van der Waals surface area contributed by atoms with Crippen LogP contribution in [0.1, 0.15) is 28.9 Å². The Morgan fingerprint density at radius 3 is 2.65 bits per heavy atom. The highest BCUT2D eigenvalue weighted by Crippen LogP contribution is 2.24. The van der Waals surface area contributed by atoms with Crippen LogP contribution in [0, 0.1) is 0 Å². The Balaban J connectivity index is 2.15. The maximum atomic E-state index is 12.2. The second-order valence-corrected chi connectivity index (χ2v) is 5.36. The van der Waals surface area contributed by atoms with Crippen molar-refractivity contribution in [2.75, 3.05) is 7.11 Å². The van der Waals surface area contributed by atoms with Crippen molar-refractivity contribution in [2.24, 2.45) is 0 Å². The maximum Gasteiger partial charge on any atom is 0.251 e. The van der Waals surface area contributed by atoms with Gasteiger partial charge in [0, 0.05) is 15.6 Å². The van der Waals surface area contributed by atoms with Crippen LogP contribution >= 0.6 is 15.9 Å². The molecule has 1 atom stereocenters. The third-order valence-corrected chi connectivity index (χ3v) is 3.53. The number of benzene rings is 2. The minimum Gasteiger partial charge on any atom is -0.496 e. The molecular formula is C16H16BrNO2. The van der Waals surface area contributed by atoms with Crippen molar-refractivity contribution in [2.45, 2.75) is 13.0 Å². The van der Waals surface area contributed by atoms with Crippen LogP contribution < -0.4 is 10.1 Å². The predicted octanol–water partition coefficient (Wildman–Crippen LogP) is 3.95. The Morgan fingerprint density at radius 2 is 1.95 bits per heavy atom. The summed E-state index contributed by atoms with van der Waals surface area (Å²) in [7, 11) is 1.63. The van der Waals surface area contributed by atoms with Crippen molar-refractivity contribution in [1.29, 1.82) is 0 Å². The van der Waals surface area contributed by atoms with E-state index >= 15 is 0 Å². The van der Waals surface area contributed by atoms with E-state index in [0.717, 1.165) is 15.8 Å². The van der Waals surface area contributed by atoms with Gasteiger partial charge >= 0.3 is 0 Å². The summed E-state index contributed by atoms with van der Waals surface area (Å²) >= 11 is 3.36. The van der Waals surface area contributed by atoms with Crippen molar-refractivity contribution >= 4 is 21.8 Å². The van der Waals surface area contributed by atoms with Crippen molar-refractivity contribution in [1.82, 2.24) is 5.32 Å². The summed E-state index contributed by atoms with van der Waals surface area (Å²) in [5.41, 5.74) is 1.58. The van der Waals surface area contributed by atoms with Gasteiger partial charge < -0.3 is 10.1 Å². The van der Waals surface area contributed by atoms with Crippen molar-refractivity contribution in [3.05, 3.63) is 64.1 Å². The molecule has 0 radical (unpaired) electrons. The highest BCUT2D eigenvalue weighted by Gasteiger charge is 2.14. The van der Waals surface area contributed by atoms with Crippen LogP contribution in [0.25, 0.3) is 0 Å². The molecule has 0 saturated carbocycles. The lowest BCUT2D eigenvalue weighted by molar-refractivity contribution is 0.0939. The molecule has 2 aromatic carbocycles. The number of carbonyl (C=O) groups excluding carboxylic acids is 1. The first-order chi connectivity index (χ1) is 9.61. The molecule has 0 saturated heterocycles. The average molecular weight is 334 g/mol. The molecule has 20 heavy (non-hydrogen) atoms. The number of nitrogens with one attached hydrogen (secondary N) is 1. The van der Waals surface area contributed by atoms with Gasteiger partial charge in [-0.2, -0.15) is 0 Å². The van der Waals surface area contributed by atoms with Gasteiger partial charge in [-0.25, -0.2) is 0 Å². The van der Waals surface area contributed by atoms with E-state index in [4.69, 9.17) is 4.74 Å². The number of hydrogen-bond donors (Lipinski definition) is 1. The summed E-state index contributed by atoms with van der Waals surface area (Å²) in [6, 6.07) is 14.9. The van der Waals surface area contributed by atoms with Gasteiger partial charge in [0.05, 0.1) is 13.2 Å². The molecule has 2 rings (SSSR count). The molecule has 3 nitrogen and oxygen atoms in total. The summed E-state index contributed by atoms with van der Waals surface area (Å²) in [6.07, 6.45) is 0. The summed E-state index contributed by atoms with van der Waals surface area (Å²) < 4.78 is 6.20. The third kappa shape index (κ3) is 3.39. The van der Waals surface area contributed by atoms with E-state index < -0.39 is 0 Å². The van der Waals surface area contributed by atoms with Crippen LogP contribution in [0.3, 0.4) is 0 Å². The van der Waals surface area contributed by atoms with E-state index in [2.05, 4.69) is 21.2 Å². The van der Waals surface area contributed by atoms with Crippen molar-refractivity contribution in [3.8, 4) is 5.75 Å². The van der Waals surface area contributed by atoms with E-state index in [9.17, 15) is 4.79 Å². The average Bonchev–Trinajstić information content (AvgIpc) is 2.47. The third-order valence-electron chi connectivity index (χ3n) is 3.04. The Bertz CT molecular complexity index is 613. The first kappa shape index (κ1) is 14.6. The molecule has 1 unspecified atom stereocenters. The highest BCUT2D eigenvalue weighted by atomic mass is 79.9. The van der Waals surface area contributed by atoms with Gasteiger partial charge in [-0.1, -0.05) is 40.2 Å². The largest absolute Gasteiger partial charge is 0.496 e. The van der Waals surface area contributed by atoms with Gasteiger partial charge in [0.15, 0.2) is 0 Å².